The van der Waals surface area contributed by atoms with E-state index in [1.807, 2.05) is 0 Å². The Balaban J connectivity index is 0.00000714. The van der Waals surface area contributed by atoms with E-state index < -0.39 is 157 Å². The summed E-state index contributed by atoms with van der Waals surface area (Å²) >= 11 is 0. The van der Waals surface area contributed by atoms with Crippen molar-refractivity contribution in [2.45, 2.75) is 147 Å². The topological polar surface area (TPSA) is 580 Å². The van der Waals surface area contributed by atoms with E-state index in [-0.39, 0.29) is 80.8 Å². The number of carbonyl (C=O) groups is 13. The van der Waals surface area contributed by atoms with E-state index >= 15 is 0 Å². The fourth-order valence-electron chi connectivity index (χ4n) is 8.77. The maximum atomic E-state index is 14.0. The van der Waals surface area contributed by atoms with Crippen molar-refractivity contribution in [2.24, 2.45) is 51.2 Å². The molecule has 3 rings (SSSR count). The number of aromatic hydroxyl groups is 2. The zero-order valence-corrected chi connectivity index (χ0v) is 52.3. The molecule has 0 aliphatic heterocycles. The predicted octanol–water partition coefficient (Wildman–Crippen LogP) is -5.09. The van der Waals surface area contributed by atoms with Gasteiger partial charge in [0.15, 0.2) is 5.96 Å². The van der Waals surface area contributed by atoms with Crippen molar-refractivity contribution < 1.29 is 82.8 Å². The molecule has 9 atom stereocenters. The number of rotatable bonds is 38. The van der Waals surface area contributed by atoms with Gasteiger partial charge in [0, 0.05) is 26.3 Å². The van der Waals surface area contributed by atoms with Crippen molar-refractivity contribution in [3.8, 4) is 11.5 Å². The minimum Gasteiger partial charge on any atom is -0.508 e. The number of carbonyl (C=O) groups excluding carboxylic acids is 12. The molecule has 0 saturated heterocycles. The highest BCUT2D eigenvalue weighted by Crippen LogP contribution is 2.15. The van der Waals surface area contributed by atoms with Gasteiger partial charge in [-0.2, -0.15) is 0 Å². The molecule has 33 nitrogen and oxygen atoms in total. The third-order valence-electron chi connectivity index (χ3n) is 13.3. The summed E-state index contributed by atoms with van der Waals surface area (Å²) in [7, 11) is 0. The molecule has 3 aromatic carbocycles. The van der Waals surface area contributed by atoms with E-state index in [1.165, 1.54) is 48.5 Å². The van der Waals surface area contributed by atoms with E-state index in [9.17, 15) is 72.9 Å². The Kier molecular flexibility index (Phi) is 34.1. The lowest BCUT2D eigenvalue weighted by molar-refractivity contribution is -0.137. The second kappa shape index (κ2) is 40.3. The molecular formula is C60H88N16O17. The van der Waals surface area contributed by atoms with Crippen LogP contribution in [0.3, 0.4) is 0 Å². The summed E-state index contributed by atoms with van der Waals surface area (Å²) in [6, 6.07) is 6.32. The lowest BCUT2D eigenvalue weighted by Crippen LogP contribution is -2.61. The SMILES string of the molecule is CC(=O)O.CC(C)C[C@H](NC(=O)CNC(=O)[C@H](Cc1ccccc1)NC(=O)[C@H](CO)NC(=O)[C@H](CC(N)=O)NC(=O)[C@H](CC(C)C)NC(=O)[C@H](CC(N)=O)NC(=O)[C@@H](N)Cc1ccc(O)cc1)C(=O)N[C@@H](CCCN=C(N)N)C(=O)N[C@@H](Cc1ccc(O)cc1)C(N)=O. The summed E-state index contributed by atoms with van der Waals surface area (Å²) in [5.41, 5.74) is 35.1. The maximum absolute atomic E-state index is 14.0. The van der Waals surface area contributed by atoms with Gasteiger partial charge in [0.25, 0.3) is 5.97 Å². The molecule has 0 unspecified atom stereocenters. The third-order valence-corrected chi connectivity index (χ3v) is 13.3. The Labute approximate surface area is 536 Å². The molecule has 0 aliphatic rings. The van der Waals surface area contributed by atoms with Gasteiger partial charge in [0.1, 0.15) is 59.8 Å². The van der Waals surface area contributed by atoms with Crippen LogP contribution in [-0.2, 0) is 81.6 Å². The number of hydrogen-bond donors (Lipinski definition) is 19. The van der Waals surface area contributed by atoms with Crippen molar-refractivity contribution in [1.82, 2.24) is 47.9 Å². The number of benzene rings is 3. The van der Waals surface area contributed by atoms with Crippen LogP contribution in [-0.4, -0.2) is 177 Å². The number of phenols is 2. The Bertz CT molecular complexity index is 3050. The van der Waals surface area contributed by atoms with Gasteiger partial charge in [-0.1, -0.05) is 82.3 Å². The Hall–Kier alpha value is -10.4. The van der Waals surface area contributed by atoms with E-state index in [0.29, 0.717) is 16.7 Å². The second-order valence-corrected chi connectivity index (χ2v) is 22.5. The van der Waals surface area contributed by atoms with Crippen LogP contribution < -0.4 is 82.3 Å². The van der Waals surface area contributed by atoms with Gasteiger partial charge in [-0.05, 0) is 84.9 Å². The summed E-state index contributed by atoms with van der Waals surface area (Å²) in [5.74, 6) is -13.6. The summed E-state index contributed by atoms with van der Waals surface area (Å²) in [6.07, 6.45) is -1.90. The molecule has 0 aromatic heterocycles. The lowest BCUT2D eigenvalue weighted by Gasteiger charge is -2.27. The highest BCUT2D eigenvalue weighted by Gasteiger charge is 2.36. The number of amides is 12. The van der Waals surface area contributed by atoms with Crippen LogP contribution in [0.15, 0.2) is 83.9 Å². The first-order valence-corrected chi connectivity index (χ1v) is 29.4. The Morgan fingerprint density at radius 3 is 1.30 bits per heavy atom. The first-order chi connectivity index (χ1) is 43.7. The number of guanidine groups is 1. The number of aliphatic hydroxyl groups is 1. The number of aliphatic hydroxyl groups excluding tert-OH is 1. The molecular weight excluding hydrogens is 1220 g/mol. The van der Waals surface area contributed by atoms with E-state index in [2.05, 4.69) is 52.8 Å². The Morgan fingerprint density at radius 2 is 0.839 bits per heavy atom. The molecule has 0 heterocycles. The number of phenolic OH excluding ortho intramolecular Hbond substituents is 2. The summed E-state index contributed by atoms with van der Waals surface area (Å²) in [5, 5.41) is 59.1. The molecule has 510 valence electrons. The molecule has 0 spiro atoms. The normalized spacial score (nSPS) is 13.7. The van der Waals surface area contributed by atoms with Crippen LogP contribution in [0.1, 0.15) is 89.8 Å². The average Bonchev–Trinajstić information content (AvgIpc) is 0.991. The van der Waals surface area contributed by atoms with Gasteiger partial charge in [0.2, 0.25) is 70.9 Å². The van der Waals surface area contributed by atoms with Crippen LogP contribution in [0.5, 0.6) is 11.5 Å². The minimum atomic E-state index is -1.87. The van der Waals surface area contributed by atoms with Crippen molar-refractivity contribution >= 4 is 82.8 Å². The van der Waals surface area contributed by atoms with Gasteiger partial charge in [-0.25, -0.2) is 0 Å². The number of primary amides is 3. The van der Waals surface area contributed by atoms with Crippen LogP contribution in [0.25, 0.3) is 0 Å². The standard InChI is InChI=1S/C58H84N16O15.C2H4O2/c1-30(2)21-40(53(85)68-38(11-8-20-65-58(63)64)52(84)69-39(49(62)81)24-34-14-18-36(77)19-15-34)67-48(80)28-66-51(83)42(25-32-9-6-5-7-10-32)72-57(89)45(29-75)74-56(88)44(27-47(61)79)73-54(86)41(22-31(3)4)71-55(87)43(26-46(60)78)70-50(82)37(59)23-33-12-16-35(76)17-13-33;1-2(3)4/h5-7,9-10,12-19,30-31,37-45,75-77H,8,11,20-29,59H2,1-4H3,(H2,60,78)(H2,61,79)(H2,62,81)(H,66,83)(H,67,80)(H,68,85)(H,69,84)(H,70,82)(H,71,87)(H,72,89)(H,73,86)(H,74,88)(H4,63,64,65);1H3,(H,3,4)/t37-,38-,39-,40-,41-,42-,43-,44-,45-;/m0./s1. The highest BCUT2D eigenvalue weighted by atomic mass is 16.4. The molecule has 3 aromatic rings. The number of nitrogens with one attached hydrogen (secondary N) is 9. The van der Waals surface area contributed by atoms with E-state index in [1.54, 1.807) is 58.0 Å². The molecule has 93 heavy (non-hydrogen) atoms. The first kappa shape index (κ1) is 78.7. The van der Waals surface area contributed by atoms with E-state index in [4.69, 9.17) is 44.3 Å². The van der Waals surface area contributed by atoms with Crippen LogP contribution in [0.4, 0.5) is 0 Å². The van der Waals surface area contributed by atoms with Gasteiger partial charge in [-0.15, -0.1) is 0 Å². The van der Waals surface area contributed by atoms with Gasteiger partial charge in [0.05, 0.1) is 32.0 Å². The fraction of sp³-hybridized carbons (Fsp3) is 0.467. The van der Waals surface area contributed by atoms with Gasteiger partial charge in [-0.3, -0.25) is 67.3 Å². The van der Waals surface area contributed by atoms with Crippen LogP contribution in [0, 0.1) is 11.8 Å². The molecule has 0 saturated carbocycles. The molecule has 0 bridgehead atoms. The molecule has 0 fully saturated rings. The number of nitrogens with zero attached hydrogens (tertiary/aromatic N) is 1. The van der Waals surface area contributed by atoms with Crippen LogP contribution >= 0.6 is 0 Å². The lowest BCUT2D eigenvalue weighted by atomic mass is 10.0. The number of hydrogen-bond acceptors (Lipinski definition) is 18. The van der Waals surface area contributed by atoms with Crippen LogP contribution in [0.2, 0.25) is 0 Å². The van der Waals surface area contributed by atoms with Gasteiger partial charge >= 0.3 is 0 Å². The molecule has 33 heteroatoms. The predicted molar refractivity (Wildman–Crippen MR) is 336 cm³/mol. The zero-order valence-electron chi connectivity index (χ0n) is 52.3. The second-order valence-electron chi connectivity index (χ2n) is 22.5. The summed E-state index contributed by atoms with van der Waals surface area (Å²) in [4.78, 5) is 174. The van der Waals surface area contributed by atoms with Crippen molar-refractivity contribution in [3.63, 3.8) is 0 Å². The maximum Gasteiger partial charge on any atom is 0.300 e. The highest BCUT2D eigenvalue weighted by molar-refractivity contribution is 6.00. The third kappa shape index (κ3) is 31.7. The summed E-state index contributed by atoms with van der Waals surface area (Å²) < 4.78 is 0. The minimum absolute atomic E-state index is 0.0273. The quantitative estimate of drug-likeness (QED) is 0.0145. The molecule has 25 N–H and O–H groups in total. The smallest absolute Gasteiger partial charge is 0.300 e. The molecule has 0 aliphatic carbocycles. The first-order valence-electron chi connectivity index (χ1n) is 29.4. The monoisotopic (exact) mass is 1300 g/mol. The molecule has 0 radical (unpaired) electrons. The number of carboxylic acids is 1. The van der Waals surface area contributed by atoms with Crippen molar-refractivity contribution in [2.75, 3.05) is 19.7 Å². The fourth-order valence-corrected chi connectivity index (χ4v) is 8.77. The van der Waals surface area contributed by atoms with Gasteiger partial charge < -0.3 is 103 Å². The molecule has 12 amide bonds. The number of carboxylic acid groups (broad SMARTS) is 1. The largest absolute Gasteiger partial charge is 0.508 e. The average molecular weight is 1310 g/mol. The van der Waals surface area contributed by atoms with E-state index in [0.717, 1.165) is 6.92 Å². The number of aliphatic imine (C=N–C) groups is 1. The van der Waals surface area contributed by atoms with Crippen molar-refractivity contribution in [1.29, 1.82) is 0 Å². The van der Waals surface area contributed by atoms with Crippen molar-refractivity contribution in [3.05, 3.63) is 95.6 Å². The zero-order chi connectivity index (χ0) is 70.1. The number of aliphatic carboxylic acids is 1. The number of nitrogens with two attached hydrogens (primary N) is 6. The summed E-state index contributed by atoms with van der Waals surface area (Å²) in [6.45, 7) is 6.12. The Morgan fingerprint density at radius 1 is 0.462 bits per heavy atom.